The molecule has 0 N–H and O–H groups in total. The van der Waals surface area contributed by atoms with Crippen molar-refractivity contribution in [3.8, 4) is 0 Å². The van der Waals surface area contributed by atoms with Crippen molar-refractivity contribution in [1.29, 1.82) is 0 Å². The molecule has 1 heterocycles. The minimum atomic E-state index is -0.976. The number of rotatable bonds is 0. The van der Waals surface area contributed by atoms with Crippen LogP contribution in [-0.2, 0) is 0 Å². The van der Waals surface area contributed by atoms with Gasteiger partial charge in [0.1, 0.15) is 0 Å². The monoisotopic (exact) mass is 148 g/mol. The van der Waals surface area contributed by atoms with Gasteiger partial charge in [0.2, 0.25) is 0 Å². The zero-order valence-corrected chi connectivity index (χ0v) is 7.25. The lowest BCUT2D eigenvalue weighted by molar-refractivity contribution is 1.90. The highest BCUT2D eigenvalue weighted by Crippen LogP contribution is 2.81. The summed E-state index contributed by atoms with van der Waals surface area (Å²) in [6.45, 7) is 4.33. The van der Waals surface area contributed by atoms with Gasteiger partial charge in [-0.2, -0.15) is 0 Å². The maximum absolute atomic E-state index is 4.49. The largest absolute Gasteiger partial charge is 0.609 e. The summed E-state index contributed by atoms with van der Waals surface area (Å²) in [7, 11) is -1.95. The highest BCUT2D eigenvalue weighted by molar-refractivity contribution is 8.07. The van der Waals surface area contributed by atoms with Crippen LogP contribution in [0.3, 0.4) is 0 Å². The van der Waals surface area contributed by atoms with Crippen LogP contribution >= 0.6 is 14.1 Å². The average Bonchev–Trinajstić information content (AvgIpc) is 1.20. The standard InChI is InChI=1S/C5H12NP2/c1-7(2)5-8(3,4)6-7/h1,3,5H2,2,4H3/q-1. The highest BCUT2D eigenvalue weighted by atomic mass is 31.3. The molecule has 8 heavy (non-hydrogen) atoms. The van der Waals surface area contributed by atoms with Crippen molar-refractivity contribution in [1.82, 2.24) is 0 Å². The summed E-state index contributed by atoms with van der Waals surface area (Å²) in [5, 5.41) is 0. The molecule has 0 spiro atoms. The number of hydrogen-bond donors (Lipinski definition) is 0. The van der Waals surface area contributed by atoms with Crippen molar-refractivity contribution in [2.45, 2.75) is 0 Å². The maximum atomic E-state index is 4.49. The van der Waals surface area contributed by atoms with Crippen LogP contribution in [0.25, 0.3) is 4.86 Å². The Kier molecular flexibility index (Phi) is 1.28. The molecule has 3 heteroatoms. The van der Waals surface area contributed by atoms with E-state index in [1.54, 1.807) is 0 Å². The molecule has 2 atom stereocenters. The Bertz CT molecular complexity index is 161. The van der Waals surface area contributed by atoms with Crippen molar-refractivity contribution in [3.63, 3.8) is 0 Å². The average molecular weight is 148 g/mol. The second kappa shape index (κ2) is 1.53. The minimum Gasteiger partial charge on any atom is -0.609 e. The lowest BCUT2D eigenvalue weighted by Gasteiger charge is -2.59. The SMILES string of the molecule is C=P1(C)CP(=C)(C)[N-]1. The van der Waals surface area contributed by atoms with E-state index in [2.05, 4.69) is 30.8 Å². The van der Waals surface area contributed by atoms with Gasteiger partial charge in [0.15, 0.2) is 0 Å². The predicted octanol–water partition coefficient (Wildman–Crippen LogP) is 2.32. The molecule has 1 aliphatic heterocycles. The Morgan fingerprint density at radius 2 is 1.50 bits per heavy atom. The fourth-order valence-electron chi connectivity index (χ4n) is 1.17. The third kappa shape index (κ3) is 1.29. The van der Waals surface area contributed by atoms with Crippen LogP contribution in [-0.4, -0.2) is 31.8 Å². The van der Waals surface area contributed by atoms with Gasteiger partial charge in [0.05, 0.1) is 0 Å². The molecular weight excluding hydrogens is 136 g/mol. The molecular formula is C5H12NP2-. The van der Waals surface area contributed by atoms with Gasteiger partial charge in [-0.05, 0) is 5.90 Å². The minimum absolute atomic E-state index is 0.976. The molecule has 1 saturated heterocycles. The van der Waals surface area contributed by atoms with Gasteiger partial charge in [-0.3, -0.25) is 0 Å². The molecule has 0 aliphatic carbocycles. The molecule has 48 valence electrons. The van der Waals surface area contributed by atoms with E-state index < -0.39 is 14.1 Å². The molecule has 1 nitrogen and oxygen atoms in total. The lowest BCUT2D eigenvalue weighted by Crippen LogP contribution is -1.99. The third-order valence-electron chi connectivity index (χ3n) is 1.04. The quantitative estimate of drug-likeness (QED) is 0.468. The highest BCUT2D eigenvalue weighted by Gasteiger charge is 2.13. The Hall–Kier alpha value is 0.560. The summed E-state index contributed by atoms with van der Waals surface area (Å²) < 4.78 is 0. The first kappa shape index (κ1) is 6.68. The molecule has 1 aliphatic rings. The van der Waals surface area contributed by atoms with Crippen molar-refractivity contribution in [2.75, 3.05) is 19.2 Å². The molecule has 0 aromatic rings. The number of hydrogen-bond acceptors (Lipinski definition) is 0. The Morgan fingerprint density at radius 3 is 1.50 bits per heavy atom. The summed E-state index contributed by atoms with van der Waals surface area (Å²) in [6, 6.07) is 0. The van der Waals surface area contributed by atoms with E-state index in [1.807, 2.05) is 0 Å². The van der Waals surface area contributed by atoms with Crippen LogP contribution in [0, 0.1) is 0 Å². The second-order valence-corrected chi connectivity index (χ2v) is 10.1. The summed E-state index contributed by atoms with van der Waals surface area (Å²) in [4.78, 5) is 4.49. The fourth-order valence-corrected chi connectivity index (χ4v) is 10.5. The van der Waals surface area contributed by atoms with Crippen LogP contribution < -0.4 is 0 Å². The summed E-state index contributed by atoms with van der Waals surface area (Å²) in [6.07, 6.45) is 8.01. The van der Waals surface area contributed by atoms with Crippen LogP contribution in [0.1, 0.15) is 0 Å². The Labute approximate surface area is 51.5 Å². The molecule has 0 radical (unpaired) electrons. The zero-order valence-electron chi connectivity index (χ0n) is 5.46. The first-order valence-electron chi connectivity index (χ1n) is 2.56. The Morgan fingerprint density at radius 1 is 1.25 bits per heavy atom. The van der Waals surface area contributed by atoms with Gasteiger partial charge in [-0.25, -0.2) is 14.1 Å². The zero-order chi connectivity index (χ0) is 6.41. The topological polar surface area (TPSA) is 14.1 Å². The van der Waals surface area contributed by atoms with Crippen molar-refractivity contribution < 1.29 is 0 Å². The van der Waals surface area contributed by atoms with E-state index in [-0.39, 0.29) is 0 Å². The summed E-state index contributed by atoms with van der Waals surface area (Å²) >= 11 is 0. The summed E-state index contributed by atoms with van der Waals surface area (Å²) in [5.41, 5.74) is 0. The first-order chi connectivity index (χ1) is 3.41. The van der Waals surface area contributed by atoms with E-state index in [9.17, 15) is 0 Å². The van der Waals surface area contributed by atoms with Gasteiger partial charge in [-0.1, -0.05) is 13.3 Å². The molecule has 0 amide bonds. The van der Waals surface area contributed by atoms with Gasteiger partial charge < -0.3 is 4.86 Å². The normalized spacial score (nSPS) is 55.2. The predicted molar refractivity (Wildman–Crippen MR) is 48.2 cm³/mol. The van der Waals surface area contributed by atoms with E-state index in [0.29, 0.717) is 0 Å². The van der Waals surface area contributed by atoms with Crippen molar-refractivity contribution in [3.05, 3.63) is 4.86 Å². The van der Waals surface area contributed by atoms with Gasteiger partial charge in [0, 0.05) is 0 Å². The molecule has 2 unspecified atom stereocenters. The van der Waals surface area contributed by atoms with Gasteiger partial charge >= 0.3 is 0 Å². The van der Waals surface area contributed by atoms with E-state index >= 15 is 0 Å². The lowest BCUT2D eigenvalue weighted by atomic mass is 11.8. The Balaban J connectivity index is 2.68. The van der Waals surface area contributed by atoms with Crippen LogP contribution in [0.15, 0.2) is 0 Å². The molecule has 0 aromatic carbocycles. The van der Waals surface area contributed by atoms with E-state index in [0.717, 1.165) is 0 Å². The van der Waals surface area contributed by atoms with Crippen LogP contribution in [0.4, 0.5) is 0 Å². The van der Waals surface area contributed by atoms with Crippen LogP contribution in [0.2, 0.25) is 0 Å². The van der Waals surface area contributed by atoms with Gasteiger partial charge in [0.25, 0.3) is 0 Å². The third-order valence-corrected chi connectivity index (χ3v) is 9.37. The smallest absolute Gasteiger partial charge is 0.0481 e. The van der Waals surface area contributed by atoms with Crippen molar-refractivity contribution >= 4 is 26.7 Å². The first-order valence-corrected chi connectivity index (χ1v) is 7.68. The summed E-state index contributed by atoms with van der Waals surface area (Å²) in [5.74, 6) is 1.24. The van der Waals surface area contributed by atoms with E-state index in [1.165, 1.54) is 5.90 Å². The van der Waals surface area contributed by atoms with Crippen molar-refractivity contribution in [2.24, 2.45) is 0 Å². The maximum Gasteiger partial charge on any atom is -0.0481 e. The molecule has 0 bridgehead atoms. The van der Waals surface area contributed by atoms with Gasteiger partial charge in [-0.15, -0.1) is 12.6 Å². The second-order valence-electron chi connectivity index (χ2n) is 2.91. The fraction of sp³-hybridized carbons (Fsp3) is 0.600. The molecule has 0 aromatic heterocycles. The molecule has 0 saturated carbocycles. The molecule has 1 rings (SSSR count). The van der Waals surface area contributed by atoms with Crippen LogP contribution in [0.5, 0.6) is 0 Å². The number of nitrogens with zero attached hydrogens (tertiary/aromatic N) is 1. The van der Waals surface area contributed by atoms with E-state index in [4.69, 9.17) is 0 Å². The molecule has 1 fully saturated rings.